The molecule has 1 saturated heterocycles. The van der Waals surface area contributed by atoms with E-state index < -0.39 is 17.3 Å². The van der Waals surface area contributed by atoms with E-state index in [-0.39, 0.29) is 18.3 Å². The van der Waals surface area contributed by atoms with E-state index >= 15 is 0 Å². The number of aryl methyl sites for hydroxylation is 1. The summed E-state index contributed by atoms with van der Waals surface area (Å²) in [6.07, 6.45) is 0.738. The molecule has 1 aromatic heterocycles. The zero-order chi connectivity index (χ0) is 13.9. The third-order valence-corrected chi connectivity index (χ3v) is 3.22. The summed E-state index contributed by atoms with van der Waals surface area (Å²) in [6.45, 7) is 2.35. The second-order valence-electron chi connectivity index (χ2n) is 4.52. The SMILES string of the molecule is Cc1nc(C(=O)NCC2(C(=O)O)CCOCC2)no1. The fraction of sp³-hybridized carbons (Fsp3) is 0.636. The maximum atomic E-state index is 11.7. The van der Waals surface area contributed by atoms with Gasteiger partial charge in [-0.3, -0.25) is 9.59 Å². The molecule has 2 heterocycles. The van der Waals surface area contributed by atoms with E-state index in [0.29, 0.717) is 26.1 Å². The Bertz CT molecular complexity index is 478. The maximum Gasteiger partial charge on any atom is 0.311 e. The third kappa shape index (κ3) is 2.90. The molecule has 0 aromatic carbocycles. The number of aliphatic carboxylic acids is 1. The van der Waals surface area contributed by atoms with Crippen molar-refractivity contribution in [2.45, 2.75) is 19.8 Å². The van der Waals surface area contributed by atoms with Crippen LogP contribution in [0, 0.1) is 12.3 Å². The zero-order valence-corrected chi connectivity index (χ0v) is 10.5. The van der Waals surface area contributed by atoms with Gasteiger partial charge < -0.3 is 19.7 Å². The number of amides is 1. The smallest absolute Gasteiger partial charge is 0.311 e. The van der Waals surface area contributed by atoms with Crippen LogP contribution in [0.25, 0.3) is 0 Å². The van der Waals surface area contributed by atoms with E-state index in [1.54, 1.807) is 6.92 Å². The minimum Gasteiger partial charge on any atom is -0.481 e. The van der Waals surface area contributed by atoms with Gasteiger partial charge in [-0.25, -0.2) is 0 Å². The van der Waals surface area contributed by atoms with Gasteiger partial charge in [-0.2, -0.15) is 4.98 Å². The summed E-state index contributed by atoms with van der Waals surface area (Å²) >= 11 is 0. The normalized spacial score (nSPS) is 17.9. The molecule has 1 amide bonds. The van der Waals surface area contributed by atoms with Crippen LogP contribution in [0.3, 0.4) is 0 Å². The van der Waals surface area contributed by atoms with Gasteiger partial charge >= 0.3 is 5.97 Å². The molecule has 8 heteroatoms. The van der Waals surface area contributed by atoms with Gasteiger partial charge in [-0.1, -0.05) is 5.16 Å². The molecule has 1 fully saturated rings. The highest BCUT2D eigenvalue weighted by atomic mass is 16.5. The number of nitrogens with one attached hydrogen (secondary N) is 1. The molecule has 1 aliphatic rings. The Morgan fingerprint density at radius 1 is 1.42 bits per heavy atom. The van der Waals surface area contributed by atoms with Gasteiger partial charge in [0.2, 0.25) is 5.89 Å². The Balaban J connectivity index is 1.99. The van der Waals surface area contributed by atoms with Crippen LogP contribution in [0.5, 0.6) is 0 Å². The van der Waals surface area contributed by atoms with E-state index in [1.807, 2.05) is 0 Å². The number of carbonyl (C=O) groups excluding carboxylic acids is 1. The molecule has 0 atom stereocenters. The lowest BCUT2D eigenvalue weighted by atomic mass is 9.80. The van der Waals surface area contributed by atoms with E-state index in [2.05, 4.69) is 15.5 Å². The number of hydrogen-bond acceptors (Lipinski definition) is 6. The highest BCUT2D eigenvalue weighted by Gasteiger charge is 2.40. The lowest BCUT2D eigenvalue weighted by molar-refractivity contribution is -0.154. The van der Waals surface area contributed by atoms with Crippen molar-refractivity contribution in [1.82, 2.24) is 15.5 Å². The minimum atomic E-state index is -0.979. The van der Waals surface area contributed by atoms with Crippen LogP contribution in [0.2, 0.25) is 0 Å². The van der Waals surface area contributed by atoms with Crippen molar-refractivity contribution < 1.29 is 24.0 Å². The molecule has 1 aliphatic heterocycles. The Morgan fingerprint density at radius 3 is 2.63 bits per heavy atom. The predicted octanol–water partition coefficient (Wildman–Crippen LogP) is -0.0108. The molecule has 0 bridgehead atoms. The van der Waals surface area contributed by atoms with Gasteiger partial charge in [0.1, 0.15) is 0 Å². The summed E-state index contributed by atoms with van der Waals surface area (Å²) in [7, 11) is 0. The van der Waals surface area contributed by atoms with Crippen LogP contribution in [0.15, 0.2) is 4.52 Å². The number of aromatic nitrogens is 2. The van der Waals surface area contributed by atoms with Crippen LogP contribution in [0.4, 0.5) is 0 Å². The molecule has 0 unspecified atom stereocenters. The van der Waals surface area contributed by atoms with Gasteiger partial charge in [-0.05, 0) is 12.8 Å². The van der Waals surface area contributed by atoms with E-state index in [9.17, 15) is 14.7 Å². The molecule has 0 aliphatic carbocycles. The highest BCUT2D eigenvalue weighted by Crippen LogP contribution is 2.30. The van der Waals surface area contributed by atoms with Crippen molar-refractivity contribution in [2.75, 3.05) is 19.8 Å². The summed E-state index contributed by atoms with van der Waals surface area (Å²) in [4.78, 5) is 26.9. The quantitative estimate of drug-likeness (QED) is 0.789. The van der Waals surface area contributed by atoms with Crippen LogP contribution in [0.1, 0.15) is 29.4 Å². The first kappa shape index (κ1) is 13.5. The van der Waals surface area contributed by atoms with Gasteiger partial charge in [0.15, 0.2) is 0 Å². The van der Waals surface area contributed by atoms with Crippen LogP contribution in [-0.2, 0) is 9.53 Å². The van der Waals surface area contributed by atoms with Crippen LogP contribution >= 0.6 is 0 Å². The number of ether oxygens (including phenoxy) is 1. The molecule has 0 radical (unpaired) electrons. The number of carboxylic acid groups (broad SMARTS) is 1. The van der Waals surface area contributed by atoms with Crippen molar-refractivity contribution >= 4 is 11.9 Å². The van der Waals surface area contributed by atoms with Gasteiger partial charge in [0.25, 0.3) is 11.7 Å². The highest BCUT2D eigenvalue weighted by molar-refractivity contribution is 5.90. The first-order chi connectivity index (χ1) is 9.03. The van der Waals surface area contributed by atoms with Crippen molar-refractivity contribution in [3.05, 3.63) is 11.7 Å². The Hall–Kier alpha value is -1.96. The zero-order valence-electron chi connectivity index (χ0n) is 10.5. The molecule has 2 rings (SSSR count). The van der Waals surface area contributed by atoms with E-state index in [0.717, 1.165) is 0 Å². The number of carbonyl (C=O) groups is 2. The maximum absolute atomic E-state index is 11.7. The van der Waals surface area contributed by atoms with Crippen LogP contribution in [-0.4, -0.2) is 46.9 Å². The fourth-order valence-corrected chi connectivity index (χ4v) is 1.95. The van der Waals surface area contributed by atoms with Gasteiger partial charge in [0, 0.05) is 26.7 Å². The van der Waals surface area contributed by atoms with Crippen molar-refractivity contribution in [3.63, 3.8) is 0 Å². The third-order valence-electron chi connectivity index (χ3n) is 3.22. The number of nitrogens with zero attached hydrogens (tertiary/aromatic N) is 2. The average Bonchev–Trinajstić information content (AvgIpc) is 2.83. The molecule has 104 valence electrons. The molecule has 2 N–H and O–H groups in total. The Morgan fingerprint density at radius 2 is 2.11 bits per heavy atom. The summed E-state index contributed by atoms with van der Waals surface area (Å²) in [6, 6.07) is 0. The molecule has 19 heavy (non-hydrogen) atoms. The lowest BCUT2D eigenvalue weighted by Crippen LogP contribution is -2.46. The monoisotopic (exact) mass is 269 g/mol. The molecule has 0 spiro atoms. The van der Waals surface area contributed by atoms with Crippen molar-refractivity contribution in [1.29, 1.82) is 0 Å². The molecule has 0 saturated carbocycles. The van der Waals surface area contributed by atoms with Gasteiger partial charge in [-0.15, -0.1) is 0 Å². The average molecular weight is 269 g/mol. The first-order valence-electron chi connectivity index (χ1n) is 5.93. The fourth-order valence-electron chi connectivity index (χ4n) is 1.95. The summed E-state index contributed by atoms with van der Waals surface area (Å²) in [5.41, 5.74) is -0.979. The Labute approximate surface area is 109 Å². The second kappa shape index (κ2) is 5.35. The topological polar surface area (TPSA) is 115 Å². The van der Waals surface area contributed by atoms with Gasteiger partial charge in [0.05, 0.1) is 5.41 Å². The molecular weight excluding hydrogens is 254 g/mol. The summed E-state index contributed by atoms with van der Waals surface area (Å²) in [5, 5.41) is 15.3. The molecular formula is C11H15N3O5. The predicted molar refractivity (Wildman–Crippen MR) is 61.5 cm³/mol. The first-order valence-corrected chi connectivity index (χ1v) is 5.93. The lowest BCUT2D eigenvalue weighted by Gasteiger charge is -2.32. The standard InChI is InChI=1S/C11H15N3O5/c1-7-13-8(14-19-7)9(15)12-6-11(10(16)17)2-4-18-5-3-11/h2-6H2,1H3,(H,12,15)(H,16,17). The summed E-state index contributed by atoms with van der Waals surface area (Å²) in [5.74, 6) is -1.28. The van der Waals surface area contributed by atoms with E-state index in [1.165, 1.54) is 0 Å². The molecule has 8 nitrogen and oxygen atoms in total. The van der Waals surface area contributed by atoms with E-state index in [4.69, 9.17) is 9.26 Å². The molecule has 1 aromatic rings. The Kier molecular flexibility index (Phi) is 3.79. The number of hydrogen-bond donors (Lipinski definition) is 2. The number of rotatable bonds is 4. The van der Waals surface area contributed by atoms with Crippen molar-refractivity contribution in [3.8, 4) is 0 Å². The number of carboxylic acids is 1. The summed E-state index contributed by atoms with van der Waals surface area (Å²) < 4.78 is 9.85. The largest absolute Gasteiger partial charge is 0.481 e. The van der Waals surface area contributed by atoms with Crippen molar-refractivity contribution in [2.24, 2.45) is 5.41 Å². The van der Waals surface area contributed by atoms with Crippen LogP contribution < -0.4 is 5.32 Å². The second-order valence-corrected chi connectivity index (χ2v) is 4.52. The minimum absolute atomic E-state index is 0.0259.